The van der Waals surface area contributed by atoms with Gasteiger partial charge < -0.3 is 15.1 Å². The summed E-state index contributed by atoms with van der Waals surface area (Å²) in [7, 11) is 3.90. The van der Waals surface area contributed by atoms with E-state index in [1.807, 2.05) is 19.0 Å². The van der Waals surface area contributed by atoms with E-state index < -0.39 is 11.6 Å². The zero-order chi connectivity index (χ0) is 17.4. The molecule has 128 valence electrons. The van der Waals surface area contributed by atoms with Gasteiger partial charge in [0.1, 0.15) is 0 Å². The van der Waals surface area contributed by atoms with E-state index in [0.717, 1.165) is 25.1 Å². The number of nitrogens with zero attached hydrogens (tertiary/aromatic N) is 2. The van der Waals surface area contributed by atoms with E-state index in [9.17, 15) is 18.4 Å². The third-order valence-corrected chi connectivity index (χ3v) is 3.29. The van der Waals surface area contributed by atoms with E-state index >= 15 is 0 Å². The van der Waals surface area contributed by atoms with E-state index in [4.69, 9.17) is 0 Å². The second-order valence-electron chi connectivity index (χ2n) is 5.59. The highest BCUT2D eigenvalue weighted by Gasteiger charge is 2.12. The first-order valence-electron chi connectivity index (χ1n) is 7.44. The fourth-order valence-electron chi connectivity index (χ4n) is 2.04. The molecule has 0 heterocycles. The summed E-state index contributed by atoms with van der Waals surface area (Å²) in [5, 5.41) is 2.49. The van der Waals surface area contributed by atoms with Crippen LogP contribution >= 0.6 is 0 Å². The summed E-state index contributed by atoms with van der Waals surface area (Å²) >= 11 is 0. The molecular weight excluding hydrogens is 304 g/mol. The minimum absolute atomic E-state index is 0.0932. The Kier molecular flexibility index (Phi) is 7.61. The Balaban J connectivity index is 2.45. The monoisotopic (exact) mass is 327 g/mol. The second-order valence-corrected chi connectivity index (χ2v) is 5.59. The first kappa shape index (κ1) is 19.0. The van der Waals surface area contributed by atoms with Crippen molar-refractivity contribution in [1.82, 2.24) is 9.80 Å². The first-order chi connectivity index (χ1) is 10.8. The number of hydrogen-bond donors (Lipinski definition) is 1. The molecule has 0 saturated carbocycles. The van der Waals surface area contributed by atoms with Crippen LogP contribution in [-0.4, -0.2) is 55.3 Å². The van der Waals surface area contributed by atoms with Crippen molar-refractivity contribution in [3.05, 3.63) is 29.8 Å². The van der Waals surface area contributed by atoms with Gasteiger partial charge in [-0.15, -0.1) is 0 Å². The maximum absolute atomic E-state index is 13.1. The molecule has 0 fully saturated rings. The highest BCUT2D eigenvalue weighted by Crippen LogP contribution is 2.13. The van der Waals surface area contributed by atoms with Crippen LogP contribution in [0, 0.1) is 11.6 Å². The minimum Gasteiger partial charge on any atom is -0.342 e. The molecule has 0 spiro atoms. The average Bonchev–Trinajstić information content (AvgIpc) is 2.45. The molecular formula is C16H23F2N3O2. The Morgan fingerprint density at radius 3 is 2.35 bits per heavy atom. The average molecular weight is 327 g/mol. The highest BCUT2D eigenvalue weighted by molar-refractivity contribution is 5.91. The van der Waals surface area contributed by atoms with Crippen molar-refractivity contribution in [2.45, 2.75) is 19.8 Å². The van der Waals surface area contributed by atoms with Gasteiger partial charge in [-0.3, -0.25) is 9.59 Å². The van der Waals surface area contributed by atoms with Gasteiger partial charge in [0.05, 0.1) is 0 Å². The van der Waals surface area contributed by atoms with Crippen LogP contribution in [0.3, 0.4) is 0 Å². The predicted molar refractivity (Wildman–Crippen MR) is 85.0 cm³/mol. The molecule has 0 saturated heterocycles. The standard InChI is InChI=1S/C16H23F2N3O2/c1-12(22)21(9-4-8-20(2)3)10-7-16(23)19-13-5-6-14(17)15(18)11-13/h5-6,11H,4,7-10H2,1-3H3,(H,19,23). The summed E-state index contributed by atoms with van der Waals surface area (Å²) < 4.78 is 25.9. The lowest BCUT2D eigenvalue weighted by Crippen LogP contribution is -2.34. The van der Waals surface area contributed by atoms with Crippen LogP contribution in [0.2, 0.25) is 0 Å². The van der Waals surface area contributed by atoms with Crippen LogP contribution in [0.5, 0.6) is 0 Å². The third-order valence-electron chi connectivity index (χ3n) is 3.29. The van der Waals surface area contributed by atoms with Crippen LogP contribution in [0.1, 0.15) is 19.8 Å². The van der Waals surface area contributed by atoms with Gasteiger partial charge in [0, 0.05) is 38.2 Å². The number of rotatable bonds is 8. The van der Waals surface area contributed by atoms with Crippen LogP contribution in [-0.2, 0) is 9.59 Å². The van der Waals surface area contributed by atoms with Gasteiger partial charge in [-0.05, 0) is 39.2 Å². The Labute approximate surface area is 135 Å². The SMILES string of the molecule is CC(=O)N(CCCN(C)C)CCC(=O)Nc1ccc(F)c(F)c1. The van der Waals surface area contributed by atoms with Crippen molar-refractivity contribution < 1.29 is 18.4 Å². The molecule has 7 heteroatoms. The molecule has 0 aliphatic rings. The fraction of sp³-hybridized carbons (Fsp3) is 0.500. The molecule has 1 aromatic rings. The lowest BCUT2D eigenvalue weighted by molar-refractivity contribution is -0.129. The van der Waals surface area contributed by atoms with Crippen LogP contribution in [0.25, 0.3) is 0 Å². The number of amides is 2. The molecule has 0 aliphatic carbocycles. The van der Waals surface area contributed by atoms with Crippen LogP contribution < -0.4 is 5.32 Å². The molecule has 1 N–H and O–H groups in total. The first-order valence-corrected chi connectivity index (χ1v) is 7.44. The van der Waals surface area contributed by atoms with Gasteiger partial charge in [0.2, 0.25) is 11.8 Å². The lowest BCUT2D eigenvalue weighted by Gasteiger charge is -2.21. The number of nitrogens with one attached hydrogen (secondary N) is 1. The summed E-state index contributed by atoms with van der Waals surface area (Å²) in [6, 6.07) is 3.16. The van der Waals surface area contributed by atoms with Gasteiger partial charge >= 0.3 is 0 Å². The number of carbonyl (C=O) groups excluding carboxylic acids is 2. The van der Waals surface area contributed by atoms with E-state index in [1.165, 1.54) is 13.0 Å². The normalized spacial score (nSPS) is 10.7. The summed E-state index contributed by atoms with van der Waals surface area (Å²) in [5.74, 6) is -2.43. The van der Waals surface area contributed by atoms with Crippen molar-refractivity contribution in [1.29, 1.82) is 0 Å². The number of halogens is 2. The molecule has 0 atom stereocenters. The number of benzene rings is 1. The predicted octanol–water partition coefficient (Wildman–Crippen LogP) is 2.09. The zero-order valence-corrected chi connectivity index (χ0v) is 13.7. The Hall–Kier alpha value is -2.02. The Morgan fingerprint density at radius 1 is 1.09 bits per heavy atom. The zero-order valence-electron chi connectivity index (χ0n) is 13.7. The lowest BCUT2D eigenvalue weighted by atomic mass is 10.2. The summed E-state index contributed by atoms with van der Waals surface area (Å²) in [5.41, 5.74) is 0.191. The number of hydrogen-bond acceptors (Lipinski definition) is 3. The van der Waals surface area contributed by atoms with E-state index in [-0.39, 0.29) is 30.5 Å². The molecule has 0 radical (unpaired) electrons. The summed E-state index contributed by atoms with van der Waals surface area (Å²) in [4.78, 5) is 27.0. The van der Waals surface area contributed by atoms with Crippen LogP contribution in [0.15, 0.2) is 18.2 Å². The van der Waals surface area contributed by atoms with E-state index in [0.29, 0.717) is 6.54 Å². The molecule has 0 aromatic heterocycles. The molecule has 0 aliphatic heterocycles. The molecule has 2 amide bonds. The third kappa shape index (κ3) is 7.19. The van der Waals surface area contributed by atoms with Gasteiger partial charge in [-0.1, -0.05) is 0 Å². The molecule has 23 heavy (non-hydrogen) atoms. The maximum Gasteiger partial charge on any atom is 0.226 e. The number of carbonyl (C=O) groups is 2. The summed E-state index contributed by atoms with van der Waals surface area (Å²) in [6.45, 7) is 3.18. The summed E-state index contributed by atoms with van der Waals surface area (Å²) in [6.07, 6.45) is 0.915. The topological polar surface area (TPSA) is 52.7 Å². The minimum atomic E-state index is -1.02. The largest absolute Gasteiger partial charge is 0.342 e. The van der Waals surface area contributed by atoms with Crippen LogP contribution in [0.4, 0.5) is 14.5 Å². The number of anilines is 1. The van der Waals surface area contributed by atoms with Gasteiger partial charge in [-0.2, -0.15) is 0 Å². The molecule has 1 rings (SSSR count). The van der Waals surface area contributed by atoms with E-state index in [1.54, 1.807) is 4.90 Å². The van der Waals surface area contributed by atoms with Crippen molar-refractivity contribution in [3.8, 4) is 0 Å². The fourth-order valence-corrected chi connectivity index (χ4v) is 2.04. The highest BCUT2D eigenvalue weighted by atomic mass is 19.2. The van der Waals surface area contributed by atoms with Crippen molar-refractivity contribution >= 4 is 17.5 Å². The van der Waals surface area contributed by atoms with Gasteiger partial charge in [-0.25, -0.2) is 8.78 Å². The van der Waals surface area contributed by atoms with E-state index in [2.05, 4.69) is 5.32 Å². The molecule has 0 bridgehead atoms. The molecule has 1 aromatic carbocycles. The van der Waals surface area contributed by atoms with Gasteiger partial charge in [0.15, 0.2) is 11.6 Å². The molecule has 5 nitrogen and oxygen atoms in total. The van der Waals surface area contributed by atoms with Crippen molar-refractivity contribution in [2.24, 2.45) is 0 Å². The van der Waals surface area contributed by atoms with Crippen molar-refractivity contribution in [2.75, 3.05) is 39.0 Å². The Morgan fingerprint density at radius 2 is 1.78 bits per heavy atom. The maximum atomic E-state index is 13.1. The van der Waals surface area contributed by atoms with Crippen molar-refractivity contribution in [3.63, 3.8) is 0 Å². The quantitative estimate of drug-likeness (QED) is 0.795. The van der Waals surface area contributed by atoms with Gasteiger partial charge in [0.25, 0.3) is 0 Å². The smallest absolute Gasteiger partial charge is 0.226 e. The molecule has 0 unspecified atom stereocenters. The second kappa shape index (κ2) is 9.19. The Bertz CT molecular complexity index is 550.